The minimum absolute atomic E-state index is 0.222. The van der Waals surface area contributed by atoms with Crippen LogP contribution in [0.4, 0.5) is 5.82 Å². The number of aromatic carboxylic acids is 1. The first kappa shape index (κ1) is 12.9. The molecule has 1 aromatic heterocycles. The van der Waals surface area contributed by atoms with Crippen LogP contribution in [0.25, 0.3) is 0 Å². The second-order valence-electron chi connectivity index (χ2n) is 5.82. The van der Waals surface area contributed by atoms with Crippen molar-refractivity contribution in [3.63, 3.8) is 0 Å². The number of aryl methyl sites for hydroxylation is 1. The Bertz CT molecular complexity index is 469. The molecule has 1 N–H and O–H groups in total. The number of anilines is 1. The molecule has 1 fully saturated rings. The molecule has 1 aliphatic heterocycles. The van der Waals surface area contributed by atoms with Gasteiger partial charge in [0.25, 0.3) is 0 Å². The minimum atomic E-state index is -0.902. The van der Waals surface area contributed by atoms with Gasteiger partial charge in [0.2, 0.25) is 0 Å². The summed E-state index contributed by atoms with van der Waals surface area (Å²) >= 11 is 0. The van der Waals surface area contributed by atoms with Gasteiger partial charge < -0.3 is 10.0 Å². The van der Waals surface area contributed by atoms with E-state index in [1.54, 1.807) is 12.1 Å². The largest absolute Gasteiger partial charge is 0.478 e. The quantitative estimate of drug-likeness (QED) is 0.874. The Balaban J connectivity index is 2.37. The molecule has 0 aromatic carbocycles. The summed E-state index contributed by atoms with van der Waals surface area (Å²) < 4.78 is 0. The molecule has 0 aliphatic carbocycles. The van der Waals surface area contributed by atoms with Crippen molar-refractivity contribution >= 4 is 11.8 Å². The molecule has 0 unspecified atom stereocenters. The van der Waals surface area contributed by atoms with Crippen LogP contribution in [0.3, 0.4) is 0 Å². The zero-order chi connectivity index (χ0) is 13.3. The molecule has 0 saturated carbocycles. The molecule has 0 radical (unpaired) electrons. The van der Waals surface area contributed by atoms with E-state index in [-0.39, 0.29) is 5.41 Å². The molecule has 2 heterocycles. The predicted molar refractivity (Wildman–Crippen MR) is 71.2 cm³/mol. The Morgan fingerprint density at radius 2 is 2.17 bits per heavy atom. The average Bonchev–Trinajstić information content (AvgIpc) is 2.27. The Labute approximate surface area is 108 Å². The average molecular weight is 248 g/mol. The number of carboxylic acid groups (broad SMARTS) is 1. The summed E-state index contributed by atoms with van der Waals surface area (Å²) in [6.07, 6.45) is 2.26. The van der Waals surface area contributed by atoms with E-state index in [0.29, 0.717) is 11.4 Å². The second kappa shape index (κ2) is 4.59. The van der Waals surface area contributed by atoms with E-state index >= 15 is 0 Å². The molecular weight excluding hydrogens is 228 g/mol. The number of hydrogen-bond acceptors (Lipinski definition) is 3. The highest BCUT2D eigenvalue weighted by atomic mass is 16.4. The first-order valence-corrected chi connectivity index (χ1v) is 6.35. The van der Waals surface area contributed by atoms with Gasteiger partial charge in [0.15, 0.2) is 0 Å². The van der Waals surface area contributed by atoms with Gasteiger partial charge in [0.1, 0.15) is 11.4 Å². The van der Waals surface area contributed by atoms with Crippen molar-refractivity contribution in [3.8, 4) is 0 Å². The maximum atomic E-state index is 11.3. The van der Waals surface area contributed by atoms with Crippen LogP contribution in [-0.4, -0.2) is 29.1 Å². The Morgan fingerprint density at radius 3 is 2.78 bits per heavy atom. The van der Waals surface area contributed by atoms with Crippen LogP contribution in [0, 0.1) is 12.3 Å². The number of carboxylic acids is 1. The van der Waals surface area contributed by atoms with Crippen molar-refractivity contribution in [2.45, 2.75) is 33.6 Å². The third-order valence-corrected chi connectivity index (χ3v) is 3.44. The molecule has 4 heteroatoms. The van der Waals surface area contributed by atoms with Crippen LogP contribution in [0.2, 0.25) is 0 Å². The standard InChI is InChI=1S/C14H20N2O2/c1-10-5-6-11(13(17)18)12(15-10)16-8-4-7-14(2,3)9-16/h5-6H,4,7-9H2,1-3H3,(H,17,18). The topological polar surface area (TPSA) is 53.4 Å². The van der Waals surface area contributed by atoms with E-state index in [1.165, 1.54) is 6.42 Å². The fourth-order valence-corrected chi connectivity index (χ4v) is 2.56. The van der Waals surface area contributed by atoms with Gasteiger partial charge >= 0.3 is 5.97 Å². The molecule has 0 atom stereocenters. The summed E-state index contributed by atoms with van der Waals surface area (Å²) in [5, 5.41) is 9.25. The summed E-state index contributed by atoms with van der Waals surface area (Å²) in [5.41, 5.74) is 1.39. The summed E-state index contributed by atoms with van der Waals surface area (Å²) in [4.78, 5) is 17.8. The number of piperidine rings is 1. The SMILES string of the molecule is Cc1ccc(C(=O)O)c(N2CCCC(C)(C)C2)n1. The number of hydrogen-bond donors (Lipinski definition) is 1. The van der Waals surface area contributed by atoms with Gasteiger partial charge in [-0.05, 0) is 37.3 Å². The van der Waals surface area contributed by atoms with Gasteiger partial charge in [-0.3, -0.25) is 0 Å². The third-order valence-electron chi connectivity index (χ3n) is 3.44. The molecular formula is C14H20N2O2. The van der Waals surface area contributed by atoms with Crippen LogP contribution in [0.1, 0.15) is 42.7 Å². The van der Waals surface area contributed by atoms with Gasteiger partial charge in [0.05, 0.1) is 0 Å². The van der Waals surface area contributed by atoms with Crippen molar-refractivity contribution in [2.24, 2.45) is 5.41 Å². The zero-order valence-electron chi connectivity index (χ0n) is 11.2. The molecule has 1 saturated heterocycles. The number of aromatic nitrogens is 1. The monoisotopic (exact) mass is 248 g/mol. The highest BCUT2D eigenvalue weighted by Crippen LogP contribution is 2.32. The number of nitrogens with zero attached hydrogens (tertiary/aromatic N) is 2. The van der Waals surface area contributed by atoms with E-state index in [9.17, 15) is 9.90 Å². The molecule has 0 amide bonds. The number of carbonyl (C=O) groups is 1. The molecule has 0 spiro atoms. The van der Waals surface area contributed by atoms with Crippen molar-refractivity contribution < 1.29 is 9.90 Å². The summed E-state index contributed by atoms with van der Waals surface area (Å²) in [7, 11) is 0. The molecule has 0 bridgehead atoms. The molecule has 1 aliphatic rings. The predicted octanol–water partition coefficient (Wildman–Crippen LogP) is 2.71. The molecule has 1 aromatic rings. The van der Waals surface area contributed by atoms with Crippen LogP contribution in [-0.2, 0) is 0 Å². The van der Waals surface area contributed by atoms with Gasteiger partial charge in [-0.15, -0.1) is 0 Å². The van der Waals surface area contributed by atoms with E-state index < -0.39 is 5.97 Å². The maximum Gasteiger partial charge on any atom is 0.339 e. The molecule has 2 rings (SSSR count). The summed E-state index contributed by atoms with van der Waals surface area (Å²) in [5.74, 6) is -0.281. The first-order valence-electron chi connectivity index (χ1n) is 6.35. The van der Waals surface area contributed by atoms with Gasteiger partial charge in [-0.1, -0.05) is 13.8 Å². The lowest BCUT2D eigenvalue weighted by atomic mass is 9.84. The van der Waals surface area contributed by atoms with Crippen molar-refractivity contribution in [3.05, 3.63) is 23.4 Å². The van der Waals surface area contributed by atoms with E-state index in [4.69, 9.17) is 0 Å². The van der Waals surface area contributed by atoms with Crippen molar-refractivity contribution in [2.75, 3.05) is 18.0 Å². The van der Waals surface area contributed by atoms with Crippen molar-refractivity contribution in [1.82, 2.24) is 4.98 Å². The summed E-state index contributed by atoms with van der Waals surface area (Å²) in [6.45, 7) is 8.08. The minimum Gasteiger partial charge on any atom is -0.478 e. The third kappa shape index (κ3) is 2.63. The van der Waals surface area contributed by atoms with Crippen LogP contribution in [0.15, 0.2) is 12.1 Å². The first-order chi connectivity index (χ1) is 8.39. The fourth-order valence-electron chi connectivity index (χ4n) is 2.56. The van der Waals surface area contributed by atoms with Crippen LogP contribution >= 0.6 is 0 Å². The normalized spacial score (nSPS) is 18.7. The van der Waals surface area contributed by atoms with Crippen LogP contribution < -0.4 is 4.90 Å². The second-order valence-corrected chi connectivity index (χ2v) is 5.82. The Kier molecular flexibility index (Phi) is 3.28. The lowest BCUT2D eigenvalue weighted by Gasteiger charge is -2.39. The molecule has 4 nitrogen and oxygen atoms in total. The van der Waals surface area contributed by atoms with Crippen LogP contribution in [0.5, 0.6) is 0 Å². The zero-order valence-corrected chi connectivity index (χ0v) is 11.2. The van der Waals surface area contributed by atoms with Gasteiger partial charge in [0, 0.05) is 18.8 Å². The Morgan fingerprint density at radius 1 is 1.44 bits per heavy atom. The van der Waals surface area contributed by atoms with Gasteiger partial charge in [-0.25, -0.2) is 9.78 Å². The van der Waals surface area contributed by atoms with E-state index in [1.807, 2.05) is 6.92 Å². The smallest absolute Gasteiger partial charge is 0.339 e. The molecule has 98 valence electrons. The highest BCUT2D eigenvalue weighted by Gasteiger charge is 2.29. The van der Waals surface area contributed by atoms with Gasteiger partial charge in [-0.2, -0.15) is 0 Å². The lowest BCUT2D eigenvalue weighted by molar-refractivity contribution is 0.0696. The van der Waals surface area contributed by atoms with E-state index in [0.717, 1.165) is 25.2 Å². The highest BCUT2D eigenvalue weighted by molar-refractivity contribution is 5.93. The molecule has 18 heavy (non-hydrogen) atoms. The fraction of sp³-hybridized carbons (Fsp3) is 0.571. The maximum absolute atomic E-state index is 11.3. The van der Waals surface area contributed by atoms with Crippen molar-refractivity contribution in [1.29, 1.82) is 0 Å². The lowest BCUT2D eigenvalue weighted by Crippen LogP contribution is -2.41. The summed E-state index contributed by atoms with van der Waals surface area (Å²) in [6, 6.07) is 3.41. The van der Waals surface area contributed by atoms with E-state index in [2.05, 4.69) is 23.7 Å². The number of pyridine rings is 1. The Hall–Kier alpha value is -1.58. The number of rotatable bonds is 2.